The van der Waals surface area contributed by atoms with Gasteiger partial charge >= 0.3 is 0 Å². The van der Waals surface area contributed by atoms with Gasteiger partial charge in [-0.15, -0.1) is 23.4 Å². The molecule has 1 saturated carbocycles. The Bertz CT molecular complexity index is 1610. The SMILES string of the molecule is C=C.C[C@H]1CN(C(c2ccc(C(F)F)c(F)c2)C2CC(F)(F)C2)CCN1c1nc2nncn2c2c1ncn2C[C@@H]1CCCO1. The van der Waals surface area contributed by atoms with Gasteiger partial charge in [0.1, 0.15) is 17.7 Å². The van der Waals surface area contributed by atoms with Gasteiger partial charge in [-0.2, -0.15) is 4.98 Å². The van der Waals surface area contributed by atoms with Crippen LogP contribution in [0, 0.1) is 11.7 Å². The normalized spacial score (nSPS) is 23.2. The molecule has 3 aliphatic rings. The lowest BCUT2D eigenvalue weighted by molar-refractivity contribution is -0.133. The van der Waals surface area contributed by atoms with Gasteiger partial charge in [0.25, 0.3) is 12.2 Å². The molecular weight excluding hydrogens is 583 g/mol. The lowest BCUT2D eigenvalue weighted by Gasteiger charge is -2.49. The van der Waals surface area contributed by atoms with Crippen LogP contribution in [-0.4, -0.2) is 78.3 Å². The maximum absolute atomic E-state index is 14.6. The molecule has 0 N–H and O–H groups in total. The highest BCUT2D eigenvalue weighted by Crippen LogP contribution is 2.51. The number of hydrogen-bond donors (Lipinski definition) is 0. The Morgan fingerprint density at radius 1 is 1.14 bits per heavy atom. The van der Waals surface area contributed by atoms with Crippen LogP contribution < -0.4 is 4.90 Å². The van der Waals surface area contributed by atoms with Crippen LogP contribution in [-0.2, 0) is 11.3 Å². The summed E-state index contributed by atoms with van der Waals surface area (Å²) in [5.41, 5.74) is 1.26. The van der Waals surface area contributed by atoms with Crippen molar-refractivity contribution >= 4 is 22.8 Å². The molecule has 1 aromatic carbocycles. The Balaban J connectivity index is 0.00000168. The lowest BCUT2D eigenvalue weighted by atomic mass is 9.73. The summed E-state index contributed by atoms with van der Waals surface area (Å²) in [4.78, 5) is 13.7. The van der Waals surface area contributed by atoms with E-state index in [2.05, 4.69) is 33.2 Å². The molecule has 3 fully saturated rings. The van der Waals surface area contributed by atoms with Gasteiger partial charge in [0.05, 0.1) is 24.5 Å². The van der Waals surface area contributed by atoms with Crippen LogP contribution in [0.5, 0.6) is 0 Å². The zero-order valence-electron chi connectivity index (χ0n) is 24.4. The van der Waals surface area contributed by atoms with Gasteiger partial charge in [0.2, 0.25) is 5.92 Å². The van der Waals surface area contributed by atoms with Gasteiger partial charge < -0.3 is 14.2 Å². The summed E-state index contributed by atoms with van der Waals surface area (Å²) < 4.78 is 78.7. The van der Waals surface area contributed by atoms with Crippen LogP contribution in [0.25, 0.3) is 16.9 Å². The summed E-state index contributed by atoms with van der Waals surface area (Å²) in [6.07, 6.45) is 1.90. The van der Waals surface area contributed by atoms with E-state index in [1.165, 1.54) is 6.07 Å². The number of alkyl halides is 4. The third-order valence-corrected chi connectivity index (χ3v) is 8.90. The molecule has 2 aliphatic heterocycles. The molecule has 14 heteroatoms. The van der Waals surface area contributed by atoms with E-state index in [0.29, 0.717) is 48.9 Å². The van der Waals surface area contributed by atoms with Crippen LogP contribution in [0.2, 0.25) is 0 Å². The highest BCUT2D eigenvalue weighted by molar-refractivity contribution is 5.86. The monoisotopic (exact) mass is 618 g/mol. The van der Waals surface area contributed by atoms with E-state index < -0.39 is 35.7 Å². The molecule has 1 unspecified atom stereocenters. The molecule has 236 valence electrons. The molecule has 0 radical (unpaired) electrons. The topological polar surface area (TPSA) is 76.6 Å². The molecule has 4 aromatic rings. The molecule has 3 aromatic heterocycles. The van der Waals surface area contributed by atoms with Crippen LogP contribution in [0.1, 0.15) is 56.2 Å². The van der Waals surface area contributed by atoms with Crippen molar-refractivity contribution in [1.82, 2.24) is 34.0 Å². The largest absolute Gasteiger partial charge is 0.376 e. The Morgan fingerprint density at radius 3 is 2.59 bits per heavy atom. The van der Waals surface area contributed by atoms with Crippen molar-refractivity contribution in [2.24, 2.45) is 5.92 Å². The molecule has 0 amide bonds. The van der Waals surface area contributed by atoms with Gasteiger partial charge in [-0.05, 0) is 37.3 Å². The Morgan fingerprint density at radius 2 is 1.93 bits per heavy atom. The van der Waals surface area contributed by atoms with E-state index in [4.69, 9.17) is 14.7 Å². The highest BCUT2D eigenvalue weighted by Gasteiger charge is 2.51. The van der Waals surface area contributed by atoms with Crippen LogP contribution >= 0.6 is 0 Å². The first-order valence-corrected chi connectivity index (χ1v) is 14.8. The smallest absolute Gasteiger partial charge is 0.266 e. The number of fused-ring (bicyclic) bond motifs is 3. The number of piperazine rings is 1. The minimum atomic E-state index is -2.95. The maximum atomic E-state index is 14.6. The molecule has 2 saturated heterocycles. The second-order valence-electron chi connectivity index (χ2n) is 11.7. The van der Waals surface area contributed by atoms with Crippen molar-refractivity contribution in [1.29, 1.82) is 0 Å². The number of benzene rings is 1. The average molecular weight is 619 g/mol. The molecule has 9 nitrogen and oxygen atoms in total. The van der Waals surface area contributed by atoms with E-state index in [-0.39, 0.29) is 25.0 Å². The van der Waals surface area contributed by atoms with E-state index in [1.54, 1.807) is 12.7 Å². The number of hydrogen-bond acceptors (Lipinski definition) is 7. The van der Waals surface area contributed by atoms with E-state index in [9.17, 15) is 22.0 Å². The molecule has 0 spiro atoms. The van der Waals surface area contributed by atoms with Crippen molar-refractivity contribution in [3.05, 3.63) is 61.0 Å². The first kappa shape index (κ1) is 30.4. The number of imidazole rings is 1. The van der Waals surface area contributed by atoms with Gasteiger partial charge in [-0.1, -0.05) is 12.1 Å². The van der Waals surface area contributed by atoms with Crippen molar-refractivity contribution in [3.63, 3.8) is 0 Å². The minimum absolute atomic E-state index is 0.100. The Kier molecular flexibility index (Phi) is 8.31. The third-order valence-electron chi connectivity index (χ3n) is 8.90. The maximum Gasteiger partial charge on any atom is 0.266 e. The molecule has 44 heavy (non-hydrogen) atoms. The number of anilines is 1. The van der Waals surface area contributed by atoms with Gasteiger partial charge in [-0.25, -0.2) is 31.3 Å². The second-order valence-corrected chi connectivity index (χ2v) is 11.7. The average Bonchev–Trinajstić information content (AvgIpc) is 3.75. The summed E-state index contributed by atoms with van der Waals surface area (Å²) >= 11 is 0. The zero-order chi connectivity index (χ0) is 31.2. The number of rotatable bonds is 7. The van der Waals surface area contributed by atoms with Gasteiger partial charge in [0.15, 0.2) is 11.5 Å². The number of aromatic nitrogens is 6. The summed E-state index contributed by atoms with van der Waals surface area (Å²) in [5.74, 6) is -3.12. The van der Waals surface area contributed by atoms with Crippen LogP contribution in [0.15, 0.2) is 44.0 Å². The van der Waals surface area contributed by atoms with E-state index in [0.717, 1.165) is 37.2 Å². The highest BCUT2D eigenvalue weighted by atomic mass is 19.3. The summed E-state index contributed by atoms with van der Waals surface area (Å²) in [6, 6.07) is 2.97. The summed E-state index contributed by atoms with van der Waals surface area (Å²) in [5, 5.41) is 8.26. The summed E-state index contributed by atoms with van der Waals surface area (Å²) in [7, 11) is 0. The molecule has 0 bridgehead atoms. The fourth-order valence-corrected chi connectivity index (χ4v) is 6.90. The summed E-state index contributed by atoms with van der Waals surface area (Å²) in [6.45, 7) is 10.9. The fourth-order valence-electron chi connectivity index (χ4n) is 6.90. The van der Waals surface area contributed by atoms with Crippen molar-refractivity contribution < 1.29 is 26.7 Å². The van der Waals surface area contributed by atoms with E-state index >= 15 is 0 Å². The predicted molar refractivity (Wildman–Crippen MR) is 154 cm³/mol. The number of halogens is 5. The minimum Gasteiger partial charge on any atom is -0.376 e. The predicted octanol–water partition coefficient (Wildman–Crippen LogP) is 5.83. The van der Waals surface area contributed by atoms with Crippen LogP contribution in [0.4, 0.5) is 27.8 Å². The quantitative estimate of drug-likeness (QED) is 0.191. The Labute approximate surface area is 251 Å². The standard InChI is InChI=1S/C28H31F5N8O.C2H4/c1-16-12-38(23(18-10-28(32,33)11-18)17-4-5-20(24(30)31)21(29)9-17)6-7-40(16)25-22-26(41-15-35-37-27(41)36-25)39(14-34-22)13-19-3-2-8-42-19;1-2/h4-5,9,14-16,18-19,23-24H,2-3,6-8,10-13H2,1H3;1-2H2/t16-,19-,23?;/m0./s1. The fraction of sp³-hybridized carbons (Fsp3) is 0.533. The third kappa shape index (κ3) is 5.53. The molecular formula is C30H35F5N8O. The van der Waals surface area contributed by atoms with Gasteiger partial charge in [0, 0.05) is 51.2 Å². The molecule has 3 atom stereocenters. The molecule has 1 aliphatic carbocycles. The lowest BCUT2D eigenvalue weighted by Crippen LogP contribution is -2.56. The Hall–Kier alpha value is -3.65. The van der Waals surface area contributed by atoms with Crippen molar-refractivity contribution in [2.45, 2.75) is 69.7 Å². The number of ether oxygens (including phenoxy) is 1. The molecule has 5 heterocycles. The van der Waals surface area contributed by atoms with Crippen LogP contribution in [0.3, 0.4) is 0 Å². The first-order chi connectivity index (χ1) is 21.2. The van der Waals surface area contributed by atoms with E-state index in [1.807, 2.05) is 15.9 Å². The zero-order valence-corrected chi connectivity index (χ0v) is 24.4. The van der Waals surface area contributed by atoms with Crippen molar-refractivity contribution in [3.8, 4) is 0 Å². The number of nitrogens with zero attached hydrogens (tertiary/aromatic N) is 8. The molecule has 7 rings (SSSR count). The van der Waals surface area contributed by atoms with Gasteiger partial charge in [-0.3, -0.25) is 4.90 Å². The van der Waals surface area contributed by atoms with Crippen molar-refractivity contribution in [2.75, 3.05) is 31.1 Å². The first-order valence-electron chi connectivity index (χ1n) is 14.8. The second kappa shape index (κ2) is 12.0.